The van der Waals surface area contributed by atoms with Gasteiger partial charge in [0.2, 0.25) is 0 Å². The van der Waals surface area contributed by atoms with Crippen molar-refractivity contribution in [1.82, 2.24) is 4.90 Å². The average Bonchev–Trinajstić information content (AvgIpc) is 3.08. The number of piperidine rings is 4. The number of para-hydroxylation sites is 1. The Balaban J connectivity index is 1.67. The molecule has 5 fully saturated rings. The van der Waals surface area contributed by atoms with Crippen LogP contribution in [0.15, 0.2) is 35.9 Å². The Hall–Kier alpha value is -1.85. The van der Waals surface area contributed by atoms with Gasteiger partial charge in [-0.1, -0.05) is 29.8 Å². The smallest absolute Gasteiger partial charge is 0.316 e. The number of carbonyl (C=O) groups is 1. The van der Waals surface area contributed by atoms with E-state index >= 15 is 0 Å². The normalized spacial score (nSPS) is 49.5. The van der Waals surface area contributed by atoms with Crippen molar-refractivity contribution in [2.75, 3.05) is 25.6 Å². The summed E-state index contributed by atoms with van der Waals surface area (Å²) >= 11 is 0. The molecule has 5 bridgehead atoms. The third-order valence-corrected chi connectivity index (χ3v) is 8.72. The van der Waals surface area contributed by atoms with Crippen molar-refractivity contribution in [3.8, 4) is 0 Å². The van der Waals surface area contributed by atoms with E-state index in [0.29, 0.717) is 6.04 Å². The Labute approximate surface area is 159 Å². The lowest BCUT2D eigenvalue weighted by atomic mass is 9.58. The molecule has 1 spiro atoms. The molecule has 27 heavy (non-hydrogen) atoms. The summed E-state index contributed by atoms with van der Waals surface area (Å²) in [5.41, 5.74) is 2.48. The SMILES string of the molecule is CC=C1CN2[C@H]3C[C@@]45c6ccccc6N(C)[C@@H]4[C@@H]2C[C@@H]1[C@]3(C(=O)OC)[C@H]5O. The van der Waals surface area contributed by atoms with E-state index in [9.17, 15) is 9.90 Å². The van der Waals surface area contributed by atoms with Crippen LogP contribution in [0.25, 0.3) is 0 Å². The van der Waals surface area contributed by atoms with Gasteiger partial charge in [-0.25, -0.2) is 0 Å². The van der Waals surface area contributed by atoms with E-state index < -0.39 is 11.5 Å². The van der Waals surface area contributed by atoms with Crippen LogP contribution in [0.4, 0.5) is 5.69 Å². The fourth-order valence-corrected chi connectivity index (χ4v) is 7.97. The molecule has 7 rings (SSSR count). The maximum atomic E-state index is 13.3. The molecule has 0 radical (unpaired) electrons. The minimum Gasteiger partial charge on any atom is -0.468 e. The largest absolute Gasteiger partial charge is 0.468 e. The molecule has 1 aromatic rings. The van der Waals surface area contributed by atoms with Gasteiger partial charge in [0.1, 0.15) is 5.41 Å². The van der Waals surface area contributed by atoms with Gasteiger partial charge >= 0.3 is 5.97 Å². The Morgan fingerprint density at radius 3 is 2.89 bits per heavy atom. The van der Waals surface area contributed by atoms with Crippen LogP contribution in [0.3, 0.4) is 0 Å². The van der Waals surface area contributed by atoms with E-state index in [1.54, 1.807) is 0 Å². The summed E-state index contributed by atoms with van der Waals surface area (Å²) in [7, 11) is 3.63. The minimum absolute atomic E-state index is 0.0585. The third kappa shape index (κ3) is 1.40. The van der Waals surface area contributed by atoms with Gasteiger partial charge in [0.05, 0.1) is 19.3 Å². The van der Waals surface area contributed by atoms with Gasteiger partial charge in [-0.15, -0.1) is 0 Å². The molecule has 0 amide bonds. The Bertz CT molecular complexity index is 897. The number of hydrogen-bond donors (Lipinski definition) is 1. The maximum Gasteiger partial charge on any atom is 0.316 e. The van der Waals surface area contributed by atoms with Gasteiger partial charge in [0.25, 0.3) is 0 Å². The number of allylic oxidation sites excluding steroid dienone is 1. The fourth-order valence-electron chi connectivity index (χ4n) is 7.97. The summed E-state index contributed by atoms with van der Waals surface area (Å²) in [6.07, 6.45) is 3.19. The molecule has 0 aromatic heterocycles. The van der Waals surface area contributed by atoms with Crippen LogP contribution in [0.5, 0.6) is 0 Å². The Kier molecular flexibility index (Phi) is 2.84. The molecule has 142 valence electrons. The lowest BCUT2D eigenvalue weighted by Gasteiger charge is -2.61. The summed E-state index contributed by atoms with van der Waals surface area (Å²) in [6.45, 7) is 2.97. The Morgan fingerprint density at radius 2 is 2.15 bits per heavy atom. The van der Waals surface area contributed by atoms with Crippen molar-refractivity contribution in [2.24, 2.45) is 11.3 Å². The highest BCUT2D eigenvalue weighted by Crippen LogP contribution is 2.72. The maximum absolute atomic E-state index is 13.3. The molecular formula is C22H26N2O3. The number of benzene rings is 1. The van der Waals surface area contributed by atoms with Gasteiger partial charge in [-0.2, -0.15) is 0 Å². The lowest BCUT2D eigenvalue weighted by Crippen LogP contribution is -2.71. The van der Waals surface area contributed by atoms with Crippen molar-refractivity contribution >= 4 is 11.7 Å². The molecule has 4 saturated heterocycles. The first-order valence-electron chi connectivity index (χ1n) is 10.0. The van der Waals surface area contributed by atoms with Crippen LogP contribution < -0.4 is 4.90 Å². The molecule has 1 aliphatic carbocycles. The molecule has 1 N–H and O–H groups in total. The number of methoxy groups -OCH3 is 1. The number of nitrogens with zero attached hydrogens (tertiary/aromatic N) is 2. The second kappa shape index (κ2) is 4.76. The number of carbonyl (C=O) groups excluding carboxylic acids is 1. The first-order valence-corrected chi connectivity index (χ1v) is 10.0. The topological polar surface area (TPSA) is 53.0 Å². The fraction of sp³-hybridized carbons (Fsp3) is 0.591. The van der Waals surface area contributed by atoms with Crippen LogP contribution in [-0.4, -0.2) is 60.9 Å². The highest BCUT2D eigenvalue weighted by molar-refractivity contribution is 5.84. The van der Waals surface area contributed by atoms with E-state index in [-0.39, 0.29) is 29.4 Å². The number of ether oxygens (including phenoxy) is 1. The van der Waals surface area contributed by atoms with Gasteiger partial charge in [-0.05, 0) is 31.4 Å². The van der Waals surface area contributed by atoms with E-state index in [4.69, 9.17) is 4.74 Å². The molecule has 1 aromatic carbocycles. The van der Waals surface area contributed by atoms with E-state index in [0.717, 1.165) is 19.4 Å². The van der Waals surface area contributed by atoms with Gasteiger partial charge < -0.3 is 14.7 Å². The predicted octanol–water partition coefficient (Wildman–Crippen LogP) is 1.70. The minimum atomic E-state index is -0.849. The number of rotatable bonds is 1. The van der Waals surface area contributed by atoms with Gasteiger partial charge in [-0.3, -0.25) is 9.69 Å². The van der Waals surface area contributed by atoms with Gasteiger partial charge in [0, 0.05) is 42.7 Å². The standard InChI is InChI=1S/C22H26N2O3/c1-4-12-11-24-16-9-14(12)22(20(26)27-3)17(24)10-21(19(22)25)13-7-5-6-8-15(13)23(2)18(16)21/h4-8,14,16-19,25H,9-11H2,1-3H3/t14-,16-,17-,18+,19-,21+,22+/m0/s1. The molecule has 8 atom stereocenters. The van der Waals surface area contributed by atoms with Crippen molar-refractivity contribution in [2.45, 2.75) is 49.4 Å². The molecule has 5 heteroatoms. The molecule has 5 nitrogen and oxygen atoms in total. The highest BCUT2D eigenvalue weighted by Gasteiger charge is 2.82. The summed E-state index contributed by atoms with van der Waals surface area (Å²) in [6, 6.07) is 9.09. The second-order valence-corrected chi connectivity index (χ2v) is 9.05. The zero-order valence-corrected chi connectivity index (χ0v) is 16.1. The van der Waals surface area contributed by atoms with Gasteiger partial charge in [0.15, 0.2) is 0 Å². The summed E-state index contributed by atoms with van der Waals surface area (Å²) in [4.78, 5) is 18.2. The molecule has 6 aliphatic rings. The molecule has 1 unspecified atom stereocenters. The number of likely N-dealkylation sites (N-methyl/N-ethyl adjacent to an activating group) is 1. The van der Waals surface area contributed by atoms with Crippen LogP contribution in [0, 0.1) is 11.3 Å². The highest BCUT2D eigenvalue weighted by atomic mass is 16.5. The monoisotopic (exact) mass is 366 g/mol. The van der Waals surface area contributed by atoms with Crippen molar-refractivity contribution in [1.29, 1.82) is 0 Å². The van der Waals surface area contributed by atoms with Crippen LogP contribution >= 0.6 is 0 Å². The molecule has 5 heterocycles. The first-order chi connectivity index (χ1) is 13.0. The second-order valence-electron chi connectivity index (χ2n) is 9.05. The number of esters is 1. The van der Waals surface area contributed by atoms with E-state index in [2.05, 4.69) is 54.1 Å². The quantitative estimate of drug-likeness (QED) is 0.606. The van der Waals surface area contributed by atoms with Crippen molar-refractivity contribution in [3.05, 3.63) is 41.5 Å². The zero-order chi connectivity index (χ0) is 18.7. The lowest BCUT2D eigenvalue weighted by molar-refractivity contribution is -0.179. The number of aliphatic hydroxyl groups excluding tert-OH is 1. The van der Waals surface area contributed by atoms with Crippen molar-refractivity contribution in [3.63, 3.8) is 0 Å². The summed E-state index contributed by atoms with van der Waals surface area (Å²) in [5.74, 6) is -0.146. The molecule has 5 aliphatic heterocycles. The van der Waals surface area contributed by atoms with Crippen LogP contribution in [0.1, 0.15) is 25.3 Å². The third-order valence-electron chi connectivity index (χ3n) is 8.72. The molecular weight excluding hydrogens is 340 g/mol. The van der Waals surface area contributed by atoms with E-state index in [1.807, 2.05) is 0 Å². The number of fused-ring (bicyclic) bond motifs is 2. The van der Waals surface area contributed by atoms with E-state index in [1.165, 1.54) is 23.9 Å². The Morgan fingerprint density at radius 1 is 1.37 bits per heavy atom. The summed E-state index contributed by atoms with van der Waals surface area (Å²) in [5, 5.41) is 12.0. The number of aliphatic hydroxyl groups is 1. The van der Waals surface area contributed by atoms with Crippen LogP contribution in [-0.2, 0) is 14.9 Å². The first kappa shape index (κ1) is 16.1. The summed E-state index contributed by atoms with van der Waals surface area (Å²) < 4.78 is 5.37. The number of anilines is 1. The van der Waals surface area contributed by atoms with Crippen LogP contribution in [0.2, 0.25) is 0 Å². The zero-order valence-electron chi connectivity index (χ0n) is 16.1. The molecule has 1 saturated carbocycles. The predicted molar refractivity (Wildman–Crippen MR) is 102 cm³/mol. The van der Waals surface area contributed by atoms with Crippen molar-refractivity contribution < 1.29 is 14.6 Å². The number of hydrogen-bond acceptors (Lipinski definition) is 5. The average molecular weight is 366 g/mol.